The summed E-state index contributed by atoms with van der Waals surface area (Å²) in [5.74, 6) is -1.02. The van der Waals surface area contributed by atoms with Crippen LogP contribution in [-0.4, -0.2) is 58.9 Å². The van der Waals surface area contributed by atoms with Gasteiger partial charge >= 0.3 is 0 Å². The summed E-state index contributed by atoms with van der Waals surface area (Å²) in [5, 5.41) is 2.87. The third-order valence-corrected chi connectivity index (χ3v) is 6.37. The molecular formula is C23H22FN5O3. The highest BCUT2D eigenvalue weighted by atomic mass is 19.1. The smallest absolute Gasteiger partial charge is 0.277 e. The Morgan fingerprint density at radius 3 is 2.88 bits per heavy atom. The van der Waals surface area contributed by atoms with Gasteiger partial charge in [0.1, 0.15) is 11.5 Å². The van der Waals surface area contributed by atoms with Gasteiger partial charge in [-0.1, -0.05) is 13.0 Å². The molecule has 1 fully saturated rings. The number of pyridine rings is 1. The molecule has 5 rings (SSSR count). The molecule has 1 saturated carbocycles. The number of imide groups is 1. The molecule has 2 atom stereocenters. The summed E-state index contributed by atoms with van der Waals surface area (Å²) in [6.45, 7) is 2.57. The molecule has 0 spiro atoms. The predicted molar refractivity (Wildman–Crippen MR) is 114 cm³/mol. The van der Waals surface area contributed by atoms with Crippen LogP contribution in [0.2, 0.25) is 0 Å². The minimum Gasteiger partial charge on any atom is -0.357 e. The summed E-state index contributed by atoms with van der Waals surface area (Å²) >= 11 is 0. The Bertz CT molecular complexity index is 1180. The standard InChI is InChI=1S/C23H22FN5O3/c1-12-17-7-15(10-26-20(19(12)17)13-6-14(24)9-25-8-13)27-18(30)11-29-5-3-4-16-21(29)23(32)28(2)22(16)31/h6-10,12,17H,3-5,11H2,1-2H3,(H,27,30). The van der Waals surface area contributed by atoms with Crippen LogP contribution in [0.3, 0.4) is 0 Å². The van der Waals surface area contributed by atoms with Gasteiger partial charge in [-0.2, -0.15) is 0 Å². The lowest BCUT2D eigenvalue weighted by Gasteiger charge is -2.28. The normalized spacial score (nSPS) is 24.4. The van der Waals surface area contributed by atoms with Gasteiger partial charge in [0.25, 0.3) is 11.8 Å². The van der Waals surface area contributed by atoms with Crippen LogP contribution in [-0.2, 0) is 14.4 Å². The SMILES string of the molecule is CC1C2=C(c3cncc(F)c3)N=CC(NC(=O)CN3CCCC4=C3C(=O)N(C)C4=O)=CC21. The second-order valence-electron chi connectivity index (χ2n) is 8.46. The molecule has 1 N–H and O–H groups in total. The molecule has 0 saturated heterocycles. The number of allylic oxidation sites excluding steroid dienone is 3. The molecule has 0 radical (unpaired) electrons. The van der Waals surface area contributed by atoms with Gasteiger partial charge < -0.3 is 10.2 Å². The van der Waals surface area contributed by atoms with E-state index in [2.05, 4.69) is 22.2 Å². The lowest BCUT2D eigenvalue weighted by molar-refractivity contribution is -0.136. The number of fused-ring (bicyclic) bond motifs is 1. The zero-order chi connectivity index (χ0) is 22.6. The van der Waals surface area contributed by atoms with Gasteiger partial charge in [-0.15, -0.1) is 0 Å². The molecule has 4 heterocycles. The van der Waals surface area contributed by atoms with Gasteiger partial charge in [-0.05, 0) is 30.4 Å². The molecule has 1 aromatic rings. The van der Waals surface area contributed by atoms with Crippen LogP contribution in [0.5, 0.6) is 0 Å². The van der Waals surface area contributed by atoms with Gasteiger partial charge in [0.05, 0.1) is 30.4 Å². The van der Waals surface area contributed by atoms with Gasteiger partial charge in [-0.3, -0.25) is 29.3 Å². The van der Waals surface area contributed by atoms with Crippen molar-refractivity contribution in [3.05, 3.63) is 58.5 Å². The molecule has 2 unspecified atom stereocenters. The number of rotatable bonds is 4. The highest BCUT2D eigenvalue weighted by Crippen LogP contribution is 2.52. The number of aliphatic imine (C=N–C) groups is 1. The van der Waals surface area contributed by atoms with Gasteiger partial charge in [-0.25, -0.2) is 4.39 Å². The maximum Gasteiger partial charge on any atom is 0.277 e. The van der Waals surface area contributed by atoms with E-state index in [0.717, 1.165) is 16.7 Å². The molecule has 164 valence electrons. The maximum atomic E-state index is 13.6. The van der Waals surface area contributed by atoms with Crippen molar-refractivity contribution in [1.29, 1.82) is 0 Å². The zero-order valence-corrected chi connectivity index (χ0v) is 17.8. The molecule has 1 aromatic heterocycles. The average Bonchev–Trinajstić information content (AvgIpc) is 3.38. The maximum absolute atomic E-state index is 13.6. The Hall–Kier alpha value is -3.62. The first-order valence-corrected chi connectivity index (χ1v) is 10.6. The van der Waals surface area contributed by atoms with Crippen LogP contribution >= 0.6 is 0 Å². The number of hydrogen-bond acceptors (Lipinski definition) is 6. The molecule has 1 aliphatic carbocycles. The van der Waals surface area contributed by atoms with Crippen LogP contribution in [0.4, 0.5) is 4.39 Å². The first kappa shape index (κ1) is 20.3. The molecule has 3 aliphatic heterocycles. The monoisotopic (exact) mass is 435 g/mol. The Labute approximate surface area is 184 Å². The fourth-order valence-corrected chi connectivity index (χ4v) is 4.66. The number of amides is 3. The Balaban J connectivity index is 1.31. The van der Waals surface area contributed by atoms with Crippen molar-refractivity contribution in [2.24, 2.45) is 16.8 Å². The molecule has 3 amide bonds. The van der Waals surface area contributed by atoms with Crippen molar-refractivity contribution in [1.82, 2.24) is 20.1 Å². The highest BCUT2D eigenvalue weighted by molar-refractivity contribution is 6.19. The number of nitrogens with zero attached hydrogens (tertiary/aromatic N) is 4. The number of nitrogens with one attached hydrogen (secondary N) is 1. The lowest BCUT2D eigenvalue weighted by Crippen LogP contribution is -2.41. The van der Waals surface area contributed by atoms with E-state index in [4.69, 9.17) is 0 Å². The first-order chi connectivity index (χ1) is 15.3. The molecule has 9 heteroatoms. The van der Waals surface area contributed by atoms with Crippen LogP contribution in [0, 0.1) is 17.7 Å². The summed E-state index contributed by atoms with van der Waals surface area (Å²) in [7, 11) is 1.46. The lowest BCUT2D eigenvalue weighted by atomic mass is 10.0. The molecule has 0 aromatic carbocycles. The Morgan fingerprint density at radius 1 is 1.28 bits per heavy atom. The number of carbonyl (C=O) groups is 3. The van der Waals surface area contributed by atoms with Crippen molar-refractivity contribution >= 4 is 29.6 Å². The van der Waals surface area contributed by atoms with Crippen LogP contribution in [0.15, 0.2) is 52.1 Å². The fourth-order valence-electron chi connectivity index (χ4n) is 4.66. The minimum atomic E-state index is -0.429. The second kappa shape index (κ2) is 7.51. The van der Waals surface area contributed by atoms with E-state index in [9.17, 15) is 18.8 Å². The molecule has 4 aliphatic rings. The third-order valence-electron chi connectivity index (χ3n) is 6.37. The predicted octanol–water partition coefficient (Wildman–Crippen LogP) is 1.63. The number of likely N-dealkylation sites (N-methyl/N-ethyl adjacent to an activating group) is 1. The van der Waals surface area contributed by atoms with E-state index in [-0.39, 0.29) is 36.1 Å². The summed E-state index contributed by atoms with van der Waals surface area (Å²) in [4.78, 5) is 48.7. The summed E-state index contributed by atoms with van der Waals surface area (Å²) in [6.07, 6.45) is 7.48. The Kier molecular flexibility index (Phi) is 4.76. The van der Waals surface area contributed by atoms with Gasteiger partial charge in [0, 0.05) is 36.8 Å². The van der Waals surface area contributed by atoms with Crippen molar-refractivity contribution in [2.45, 2.75) is 19.8 Å². The second-order valence-corrected chi connectivity index (χ2v) is 8.46. The summed E-state index contributed by atoms with van der Waals surface area (Å²) < 4.78 is 13.6. The topological polar surface area (TPSA) is 95.0 Å². The van der Waals surface area contributed by atoms with Crippen LogP contribution < -0.4 is 5.32 Å². The van der Waals surface area contributed by atoms with E-state index < -0.39 is 5.82 Å². The van der Waals surface area contributed by atoms with E-state index >= 15 is 0 Å². The van der Waals surface area contributed by atoms with E-state index in [1.807, 2.05) is 6.08 Å². The molecule has 8 nitrogen and oxygen atoms in total. The van der Waals surface area contributed by atoms with Gasteiger partial charge in [0.15, 0.2) is 0 Å². The van der Waals surface area contributed by atoms with E-state index in [0.29, 0.717) is 47.6 Å². The van der Waals surface area contributed by atoms with E-state index in [1.165, 1.54) is 13.1 Å². The molecule has 32 heavy (non-hydrogen) atoms. The fraction of sp³-hybridized carbons (Fsp3) is 0.348. The zero-order valence-electron chi connectivity index (χ0n) is 17.8. The number of halogens is 1. The Morgan fingerprint density at radius 2 is 2.09 bits per heavy atom. The van der Waals surface area contributed by atoms with Crippen LogP contribution in [0.25, 0.3) is 5.70 Å². The molecule has 0 bridgehead atoms. The number of hydrogen-bond donors (Lipinski definition) is 1. The number of carbonyl (C=O) groups excluding carboxylic acids is 3. The van der Waals surface area contributed by atoms with Crippen molar-refractivity contribution in [3.8, 4) is 0 Å². The molecular weight excluding hydrogens is 413 g/mol. The van der Waals surface area contributed by atoms with Crippen molar-refractivity contribution < 1.29 is 18.8 Å². The van der Waals surface area contributed by atoms with Crippen LogP contribution in [0.1, 0.15) is 25.3 Å². The summed E-state index contributed by atoms with van der Waals surface area (Å²) in [5.41, 5.74) is 3.75. The number of aromatic nitrogens is 1. The summed E-state index contributed by atoms with van der Waals surface area (Å²) in [6, 6.07) is 1.40. The van der Waals surface area contributed by atoms with Crippen molar-refractivity contribution in [2.75, 3.05) is 20.1 Å². The van der Waals surface area contributed by atoms with E-state index in [1.54, 1.807) is 17.3 Å². The average molecular weight is 435 g/mol. The quantitative estimate of drug-likeness (QED) is 0.726. The largest absolute Gasteiger partial charge is 0.357 e. The first-order valence-electron chi connectivity index (χ1n) is 10.6. The third kappa shape index (κ3) is 3.34. The van der Waals surface area contributed by atoms with Gasteiger partial charge in [0.2, 0.25) is 5.91 Å². The highest BCUT2D eigenvalue weighted by Gasteiger charge is 2.43. The van der Waals surface area contributed by atoms with Crippen molar-refractivity contribution in [3.63, 3.8) is 0 Å². The minimum absolute atomic E-state index is 0.0297.